The zero-order chi connectivity index (χ0) is 30.4. The van der Waals surface area contributed by atoms with Gasteiger partial charge in [0.2, 0.25) is 0 Å². The summed E-state index contributed by atoms with van der Waals surface area (Å²) in [6, 6.07) is 0. The molecule has 9 atom stereocenters. The van der Waals surface area contributed by atoms with Crippen molar-refractivity contribution in [3.63, 3.8) is 0 Å². The minimum absolute atomic E-state index is 0.0175. The molecule has 2 N–H and O–H groups in total. The van der Waals surface area contributed by atoms with E-state index in [1.165, 1.54) is 12.5 Å². The van der Waals surface area contributed by atoms with Gasteiger partial charge in [-0.1, -0.05) is 37.1 Å². The minimum Gasteiger partial charge on any atom is -0.459 e. The number of fused-ring (bicyclic) bond motifs is 5. The van der Waals surface area contributed by atoms with E-state index in [0.29, 0.717) is 24.7 Å². The molecule has 0 bridgehead atoms. The fraction of sp³-hybridized carbons (Fsp3) is 0.828. The lowest BCUT2D eigenvalue weighted by atomic mass is 9.46. The monoisotopic (exact) mass is 618 g/mol. The SMILES string of the molecule is CC(=O)O[C@H]1CC2=CCC3C(CCC4(C)C(C(CCC=C(C)C)COS(=O)(=O)O)CCC34)C2(C)C[C@@H]1OS(=O)(=O)O. The number of esters is 1. The van der Waals surface area contributed by atoms with Crippen LogP contribution in [0.1, 0.15) is 92.4 Å². The maximum absolute atomic E-state index is 11.8. The molecule has 3 saturated carbocycles. The maximum Gasteiger partial charge on any atom is 0.397 e. The number of carbonyl (C=O) groups is 1. The molecule has 41 heavy (non-hydrogen) atoms. The van der Waals surface area contributed by atoms with Crippen molar-refractivity contribution in [3.05, 3.63) is 23.3 Å². The van der Waals surface area contributed by atoms with E-state index in [1.807, 2.05) is 13.8 Å². The first kappa shape index (κ1) is 32.6. The normalized spacial score (nSPS) is 37.7. The van der Waals surface area contributed by atoms with E-state index in [0.717, 1.165) is 50.5 Å². The van der Waals surface area contributed by atoms with Crippen LogP contribution in [0.3, 0.4) is 0 Å². The summed E-state index contributed by atoms with van der Waals surface area (Å²) in [6.07, 6.45) is 9.59. The summed E-state index contributed by atoms with van der Waals surface area (Å²) in [5.74, 6) is 0.711. The van der Waals surface area contributed by atoms with Gasteiger partial charge in [-0.3, -0.25) is 13.9 Å². The van der Waals surface area contributed by atoms with E-state index in [1.54, 1.807) is 0 Å². The Bertz CT molecular complexity index is 1270. The second-order valence-corrected chi connectivity index (χ2v) is 15.6. The fourth-order valence-electron chi connectivity index (χ4n) is 9.21. The molecule has 0 aromatic rings. The molecule has 7 unspecified atom stereocenters. The first-order valence-corrected chi connectivity index (χ1v) is 17.4. The van der Waals surface area contributed by atoms with Gasteiger partial charge in [-0.2, -0.15) is 16.8 Å². The van der Waals surface area contributed by atoms with Gasteiger partial charge in [0.1, 0.15) is 12.2 Å². The summed E-state index contributed by atoms with van der Waals surface area (Å²) in [7, 11) is -9.28. The van der Waals surface area contributed by atoms with Crippen LogP contribution in [0.15, 0.2) is 23.3 Å². The Morgan fingerprint density at radius 3 is 2.37 bits per heavy atom. The zero-order valence-corrected chi connectivity index (χ0v) is 26.4. The van der Waals surface area contributed by atoms with Gasteiger partial charge in [0, 0.05) is 13.3 Å². The highest BCUT2D eigenvalue weighted by molar-refractivity contribution is 7.81. The average Bonchev–Trinajstić information content (AvgIpc) is 3.17. The van der Waals surface area contributed by atoms with Crippen LogP contribution in [-0.4, -0.2) is 50.7 Å². The molecule has 0 heterocycles. The molecule has 4 aliphatic carbocycles. The van der Waals surface area contributed by atoms with Crippen molar-refractivity contribution in [2.75, 3.05) is 6.61 Å². The van der Waals surface area contributed by atoms with Crippen LogP contribution < -0.4 is 0 Å². The van der Waals surface area contributed by atoms with Gasteiger partial charge >= 0.3 is 26.8 Å². The second-order valence-electron chi connectivity index (χ2n) is 13.4. The van der Waals surface area contributed by atoms with Gasteiger partial charge in [-0.15, -0.1) is 0 Å². The minimum atomic E-state index is -4.74. The lowest BCUT2D eigenvalue weighted by Crippen LogP contribution is -2.54. The van der Waals surface area contributed by atoms with Gasteiger partial charge in [-0.25, -0.2) is 8.37 Å². The van der Waals surface area contributed by atoms with Gasteiger partial charge in [0.25, 0.3) is 0 Å². The molecule has 0 aromatic carbocycles. The molecule has 12 heteroatoms. The summed E-state index contributed by atoms with van der Waals surface area (Å²) in [5, 5.41) is 0. The summed E-state index contributed by atoms with van der Waals surface area (Å²) in [5.41, 5.74) is 1.96. The lowest BCUT2D eigenvalue weighted by Gasteiger charge is -2.59. The van der Waals surface area contributed by atoms with E-state index in [4.69, 9.17) is 13.1 Å². The van der Waals surface area contributed by atoms with E-state index >= 15 is 0 Å². The van der Waals surface area contributed by atoms with Crippen LogP contribution in [0.4, 0.5) is 0 Å². The molecule has 4 rings (SSSR count). The topological polar surface area (TPSA) is 154 Å². The Hall–Kier alpha value is -1.31. The van der Waals surface area contributed by atoms with E-state index in [9.17, 15) is 30.7 Å². The van der Waals surface area contributed by atoms with Crippen molar-refractivity contribution in [1.29, 1.82) is 0 Å². The number of carbonyl (C=O) groups excluding carboxylic acids is 1. The van der Waals surface area contributed by atoms with Gasteiger partial charge in [0.15, 0.2) is 0 Å². The molecule has 0 amide bonds. The molecule has 0 aromatic heterocycles. The molecule has 3 fully saturated rings. The number of rotatable bonds is 10. The van der Waals surface area contributed by atoms with Crippen molar-refractivity contribution in [2.24, 2.45) is 40.4 Å². The highest BCUT2D eigenvalue weighted by atomic mass is 32.3. The number of hydrogen-bond donors (Lipinski definition) is 2. The third-order valence-electron chi connectivity index (χ3n) is 10.8. The van der Waals surface area contributed by atoms with E-state index in [2.05, 4.69) is 26.0 Å². The van der Waals surface area contributed by atoms with Crippen LogP contribution >= 0.6 is 0 Å². The van der Waals surface area contributed by atoms with Crippen LogP contribution in [0.5, 0.6) is 0 Å². The zero-order valence-electron chi connectivity index (χ0n) is 24.7. The lowest BCUT2D eigenvalue weighted by molar-refractivity contribution is -0.156. The molecule has 0 saturated heterocycles. The first-order chi connectivity index (χ1) is 18.9. The summed E-state index contributed by atoms with van der Waals surface area (Å²) in [4.78, 5) is 11.8. The van der Waals surface area contributed by atoms with Crippen molar-refractivity contribution in [2.45, 2.75) is 105 Å². The van der Waals surface area contributed by atoms with E-state index in [-0.39, 0.29) is 35.2 Å². The predicted octanol–water partition coefficient (Wildman–Crippen LogP) is 5.48. The van der Waals surface area contributed by atoms with Crippen LogP contribution in [0, 0.1) is 40.4 Å². The Morgan fingerprint density at radius 2 is 1.76 bits per heavy atom. The largest absolute Gasteiger partial charge is 0.459 e. The van der Waals surface area contributed by atoms with Crippen LogP contribution in [-0.2, 0) is 38.7 Å². The van der Waals surface area contributed by atoms with Crippen molar-refractivity contribution in [1.82, 2.24) is 0 Å². The van der Waals surface area contributed by atoms with Gasteiger partial charge < -0.3 is 4.74 Å². The Kier molecular flexibility index (Phi) is 9.54. The summed E-state index contributed by atoms with van der Waals surface area (Å²) < 4.78 is 80.6. The van der Waals surface area contributed by atoms with Crippen LogP contribution in [0.2, 0.25) is 0 Å². The standard InChI is InChI=1S/C29H46O10S2/c1-18(2)7-6-8-20(17-37-40(31,32)33)23-11-12-24-22-10-9-21-15-26(38-19(3)30)27(39-41(34,35)36)16-29(21,5)25(22)13-14-28(23,24)4/h7,9,20,22-27H,6,8,10-17H2,1-5H3,(H,31,32,33)(H,34,35,36)/t20?,22?,23?,24?,25?,26-,27-,28?,29?/m0/s1. The smallest absolute Gasteiger partial charge is 0.397 e. The van der Waals surface area contributed by atoms with Gasteiger partial charge in [-0.05, 0) is 106 Å². The highest BCUT2D eigenvalue weighted by Gasteiger charge is 2.61. The fourth-order valence-corrected chi connectivity index (χ4v) is 10.1. The van der Waals surface area contributed by atoms with E-state index < -0.39 is 39.0 Å². The predicted molar refractivity (Wildman–Crippen MR) is 152 cm³/mol. The molecule has 0 spiro atoms. The number of allylic oxidation sites excluding steroid dienone is 3. The van der Waals surface area contributed by atoms with Gasteiger partial charge in [0.05, 0.1) is 6.61 Å². The van der Waals surface area contributed by atoms with Crippen molar-refractivity contribution < 1.29 is 43.8 Å². The third-order valence-corrected chi connectivity index (χ3v) is 11.7. The van der Waals surface area contributed by atoms with Crippen LogP contribution in [0.25, 0.3) is 0 Å². The Labute approximate surface area is 245 Å². The molecule has 234 valence electrons. The molecule has 0 aliphatic heterocycles. The molecular formula is C29H46O10S2. The average molecular weight is 619 g/mol. The quantitative estimate of drug-likeness (QED) is 0.183. The number of ether oxygens (including phenoxy) is 1. The molecule has 0 radical (unpaired) electrons. The highest BCUT2D eigenvalue weighted by Crippen LogP contribution is 2.67. The third kappa shape index (κ3) is 7.26. The molecule has 10 nitrogen and oxygen atoms in total. The summed E-state index contributed by atoms with van der Waals surface area (Å²) in [6.45, 7) is 9.79. The Morgan fingerprint density at radius 1 is 1.05 bits per heavy atom. The second kappa shape index (κ2) is 12.0. The maximum atomic E-state index is 11.8. The molecule has 4 aliphatic rings. The van der Waals surface area contributed by atoms with Crippen molar-refractivity contribution in [3.8, 4) is 0 Å². The number of hydrogen-bond acceptors (Lipinski definition) is 8. The van der Waals surface area contributed by atoms with Crippen molar-refractivity contribution >= 4 is 26.8 Å². The Balaban J connectivity index is 1.59. The molecular weight excluding hydrogens is 572 g/mol. The summed E-state index contributed by atoms with van der Waals surface area (Å²) >= 11 is 0. The first-order valence-electron chi connectivity index (χ1n) is 14.7.